The average Bonchev–Trinajstić information content (AvgIpc) is 4.06. The van der Waals surface area contributed by atoms with Gasteiger partial charge in [-0.1, -0.05) is 70.7 Å². The topological polar surface area (TPSA) is 177 Å². The van der Waals surface area contributed by atoms with E-state index in [1.807, 2.05) is 26.0 Å². The molecule has 6 bridgehead atoms. The summed E-state index contributed by atoms with van der Waals surface area (Å²) >= 11 is 0. The number of aliphatic hydroxyl groups is 1. The number of ether oxygens (including phenoxy) is 1. The van der Waals surface area contributed by atoms with Gasteiger partial charge in [-0.15, -0.1) is 0 Å². The second-order valence-corrected chi connectivity index (χ2v) is 20.7. The third-order valence-electron chi connectivity index (χ3n) is 14.4. The minimum atomic E-state index is -1.16. The van der Waals surface area contributed by atoms with Gasteiger partial charge >= 0.3 is 5.97 Å². The van der Waals surface area contributed by atoms with Crippen LogP contribution in [0.1, 0.15) is 77.0 Å². The third-order valence-corrected chi connectivity index (χ3v) is 14.4. The van der Waals surface area contributed by atoms with Crippen molar-refractivity contribution in [2.75, 3.05) is 46.4 Å². The van der Waals surface area contributed by atoms with Crippen molar-refractivity contribution in [3.05, 3.63) is 90.0 Å². The predicted octanol–water partition coefficient (Wildman–Crippen LogP) is 5.43. The van der Waals surface area contributed by atoms with Crippen molar-refractivity contribution < 1.29 is 38.9 Å². The lowest BCUT2D eigenvalue weighted by molar-refractivity contribution is -0.155. The van der Waals surface area contributed by atoms with E-state index in [9.17, 15) is 34.2 Å². The Morgan fingerprint density at radius 2 is 1.72 bits per heavy atom. The van der Waals surface area contributed by atoms with Crippen molar-refractivity contribution in [2.24, 2.45) is 17.3 Å². The first-order valence-electron chi connectivity index (χ1n) is 24.6. The lowest BCUT2D eigenvalue weighted by Gasteiger charge is -2.37. The Morgan fingerprint density at radius 1 is 0.971 bits per heavy atom. The summed E-state index contributed by atoms with van der Waals surface area (Å²) in [5.41, 5.74) is 10.3. The van der Waals surface area contributed by atoms with E-state index in [4.69, 9.17) is 4.74 Å². The molecule has 69 heavy (non-hydrogen) atoms. The highest BCUT2D eigenvalue weighted by Crippen LogP contribution is 2.41. The van der Waals surface area contributed by atoms with E-state index in [-0.39, 0.29) is 55.7 Å². The Kier molecular flexibility index (Phi) is 14.7. The molecule has 3 saturated heterocycles. The molecular weight excluding hydrogens is 875 g/mol. The quantitative estimate of drug-likeness (QED) is 0.119. The lowest BCUT2D eigenvalue weighted by Crippen LogP contribution is -2.62. The molecule has 4 N–H and O–H groups in total. The number of aryl methyl sites for hydroxylation is 1. The number of benzene rings is 3. The molecule has 15 nitrogen and oxygen atoms in total. The molecule has 5 atom stereocenters. The third kappa shape index (κ3) is 10.8. The largest absolute Gasteiger partial charge is 0.508 e. The number of likely N-dealkylation sites (N-methyl/N-ethyl adjacent to an activating group) is 1. The number of aromatic hydroxyl groups is 1. The highest BCUT2D eigenvalue weighted by Gasteiger charge is 2.40. The molecule has 0 spiro atoms. The minimum absolute atomic E-state index is 0.00364. The number of carbonyl (C=O) groups excluding carboxylic acids is 5. The van der Waals surface area contributed by atoms with Crippen molar-refractivity contribution >= 4 is 40.5 Å². The number of amides is 4. The van der Waals surface area contributed by atoms with E-state index in [0.717, 1.165) is 58.4 Å². The van der Waals surface area contributed by atoms with Gasteiger partial charge in [0.15, 0.2) is 0 Å². The van der Waals surface area contributed by atoms with Crippen LogP contribution in [-0.2, 0) is 54.6 Å². The standard InChI is InChI=1S/C54H69N7O8/c1-8-47(64)59-22-18-38(30-59)51(66)57(7)48(33(3)4)50(65)55-45-25-35-23-39(26-41(63)24-35)37-16-17-46-42(27-37)43(28-54(5,6)32-69-53(68)44-11-10-20-61(56-44)52(45)67)49(60(46)9-2)36-14-12-34(13-15-36)29-58-21-19-40(62)31-58/h8,12-17,23-24,26-27,33,38,40,44-45,48,56,62-63H,1,9-11,18-22,25,28-32H2,2-7H3,(H,55,65)/t38-,40+,44-,45-,48-/m0/s1. The Bertz CT molecular complexity index is 2600. The van der Waals surface area contributed by atoms with Crippen LogP contribution < -0.4 is 10.7 Å². The number of carbonyl (C=O) groups is 5. The molecule has 0 radical (unpaired) electrons. The molecule has 8 rings (SSSR count). The summed E-state index contributed by atoms with van der Waals surface area (Å²) in [5.74, 6) is -2.83. The number of likely N-dealkylation sites (tertiary alicyclic amines) is 2. The molecule has 0 saturated carbocycles. The van der Waals surface area contributed by atoms with Crippen molar-refractivity contribution in [2.45, 2.75) is 110 Å². The zero-order valence-electron chi connectivity index (χ0n) is 41.0. The summed E-state index contributed by atoms with van der Waals surface area (Å²) in [6.07, 6.45) is 3.72. The van der Waals surface area contributed by atoms with Crippen LogP contribution >= 0.6 is 0 Å². The molecule has 1 aromatic heterocycles. The average molecular weight is 944 g/mol. The number of nitrogens with zero attached hydrogens (tertiary/aromatic N) is 5. The van der Waals surface area contributed by atoms with Crippen LogP contribution in [0.3, 0.4) is 0 Å². The van der Waals surface area contributed by atoms with Crippen molar-refractivity contribution in [3.8, 4) is 28.1 Å². The van der Waals surface area contributed by atoms with Crippen LogP contribution in [0.15, 0.2) is 73.3 Å². The van der Waals surface area contributed by atoms with Gasteiger partial charge < -0.3 is 34.6 Å². The van der Waals surface area contributed by atoms with E-state index in [1.54, 1.807) is 24.1 Å². The second-order valence-electron chi connectivity index (χ2n) is 20.7. The number of phenols is 1. The highest BCUT2D eigenvalue weighted by atomic mass is 16.5. The number of β-amino-alcohol motifs (C(OH)–C–C–N with tert-alkyl or cyclic N) is 1. The number of cyclic esters (lactones) is 1. The zero-order chi connectivity index (χ0) is 49.3. The van der Waals surface area contributed by atoms with Gasteiger partial charge in [0, 0.05) is 75.6 Å². The molecule has 4 amide bonds. The maximum absolute atomic E-state index is 14.7. The molecule has 0 aliphatic carbocycles. The summed E-state index contributed by atoms with van der Waals surface area (Å²) in [7, 11) is 1.58. The van der Waals surface area contributed by atoms with Crippen LogP contribution in [-0.4, -0.2) is 135 Å². The Morgan fingerprint density at radius 3 is 2.42 bits per heavy atom. The monoisotopic (exact) mass is 944 g/mol. The van der Waals surface area contributed by atoms with Gasteiger partial charge in [0.05, 0.1) is 24.3 Å². The van der Waals surface area contributed by atoms with E-state index in [0.29, 0.717) is 50.9 Å². The van der Waals surface area contributed by atoms with Crippen LogP contribution in [0.25, 0.3) is 33.3 Å². The van der Waals surface area contributed by atoms with Gasteiger partial charge in [-0.2, -0.15) is 0 Å². The summed E-state index contributed by atoms with van der Waals surface area (Å²) in [5, 5.41) is 26.9. The maximum Gasteiger partial charge on any atom is 0.324 e. The molecule has 15 heteroatoms. The maximum atomic E-state index is 14.7. The smallest absolute Gasteiger partial charge is 0.324 e. The molecule has 5 heterocycles. The van der Waals surface area contributed by atoms with Gasteiger partial charge in [0.2, 0.25) is 17.7 Å². The van der Waals surface area contributed by atoms with Crippen molar-refractivity contribution in [3.63, 3.8) is 0 Å². The number of aromatic nitrogens is 1. The van der Waals surface area contributed by atoms with E-state index >= 15 is 0 Å². The molecule has 4 aliphatic rings. The summed E-state index contributed by atoms with van der Waals surface area (Å²) in [6.45, 7) is 17.6. The van der Waals surface area contributed by atoms with Gasteiger partial charge in [-0.25, -0.2) is 5.43 Å². The first kappa shape index (κ1) is 49.4. The fraction of sp³-hybridized carbons (Fsp3) is 0.500. The lowest BCUT2D eigenvalue weighted by atomic mass is 9.84. The van der Waals surface area contributed by atoms with E-state index < -0.39 is 47.2 Å². The molecule has 3 fully saturated rings. The molecule has 0 unspecified atom stereocenters. The van der Waals surface area contributed by atoms with E-state index in [1.165, 1.54) is 21.5 Å². The molecular formula is C54H69N7O8. The van der Waals surface area contributed by atoms with Crippen LogP contribution in [0, 0.1) is 17.3 Å². The second kappa shape index (κ2) is 20.5. The predicted molar refractivity (Wildman–Crippen MR) is 264 cm³/mol. The Hall–Kier alpha value is -6.03. The summed E-state index contributed by atoms with van der Waals surface area (Å²) < 4.78 is 8.46. The number of hydrogen-bond acceptors (Lipinski definition) is 10. The van der Waals surface area contributed by atoms with Gasteiger partial charge in [-0.3, -0.25) is 33.9 Å². The van der Waals surface area contributed by atoms with E-state index in [2.05, 4.69) is 84.0 Å². The number of aliphatic hydroxyl groups excluding tert-OH is 1. The first-order chi connectivity index (χ1) is 32.9. The SMILES string of the molecule is C=CC(=O)N1CC[C@H](C(=O)N(C)[C@H](C(=O)N[C@H]2Cc3cc(O)cc(c3)-c3ccc4c(c3)c(c(-c3ccc(CN5CC[C@@H](O)C5)cc3)n4CC)CC(C)(C)COC(=O)[C@@H]3CCCN(N3)C2=O)C(C)C)C1. The summed E-state index contributed by atoms with van der Waals surface area (Å²) in [4.78, 5) is 74.7. The molecule has 3 aromatic carbocycles. The van der Waals surface area contributed by atoms with Crippen molar-refractivity contribution in [1.29, 1.82) is 0 Å². The number of hydrogen-bond donors (Lipinski definition) is 4. The number of fused-ring (bicyclic) bond motifs is 6. The minimum Gasteiger partial charge on any atom is -0.508 e. The fourth-order valence-electron chi connectivity index (χ4n) is 10.9. The number of rotatable bonds is 10. The van der Waals surface area contributed by atoms with Crippen LogP contribution in [0.2, 0.25) is 0 Å². The van der Waals surface area contributed by atoms with Gasteiger partial charge in [0.25, 0.3) is 5.91 Å². The zero-order valence-corrected chi connectivity index (χ0v) is 41.0. The molecule has 4 aliphatic heterocycles. The number of hydrazine groups is 1. The normalized spacial score (nSPS) is 22.6. The Labute approximate surface area is 405 Å². The van der Waals surface area contributed by atoms with Crippen LogP contribution in [0.4, 0.5) is 0 Å². The van der Waals surface area contributed by atoms with Gasteiger partial charge in [-0.05, 0) is 109 Å². The highest BCUT2D eigenvalue weighted by molar-refractivity contribution is 5.96. The molecule has 368 valence electrons. The Balaban J connectivity index is 1.16. The van der Waals surface area contributed by atoms with Crippen molar-refractivity contribution in [1.82, 2.24) is 35.0 Å². The van der Waals surface area contributed by atoms with Gasteiger partial charge in [0.1, 0.15) is 23.9 Å². The first-order valence-corrected chi connectivity index (χ1v) is 24.6. The number of nitrogens with one attached hydrogen (secondary N) is 2. The number of phenolic OH excluding ortho intramolecular Hbond substituents is 1. The summed E-state index contributed by atoms with van der Waals surface area (Å²) in [6, 6.07) is 17.3. The molecule has 4 aromatic rings. The fourth-order valence-corrected chi connectivity index (χ4v) is 10.9. The van der Waals surface area contributed by atoms with Crippen LogP contribution in [0.5, 0.6) is 5.75 Å². The number of esters is 1.